The summed E-state index contributed by atoms with van der Waals surface area (Å²) in [5, 5.41) is 0. The molecule has 1 heteroatoms. The van der Waals surface area contributed by atoms with Gasteiger partial charge in [-0.15, -0.1) is 0 Å². The number of hydrogen-bond donors (Lipinski definition) is 0. The van der Waals surface area contributed by atoms with Crippen LogP contribution in [0.1, 0.15) is 81.2 Å². The van der Waals surface area contributed by atoms with E-state index >= 15 is 0 Å². The predicted molar refractivity (Wildman–Crippen MR) is 171 cm³/mol. The van der Waals surface area contributed by atoms with Crippen molar-refractivity contribution in [2.75, 3.05) is 6.61 Å². The highest BCUT2D eigenvalue weighted by Crippen LogP contribution is 2.38. The van der Waals surface area contributed by atoms with Gasteiger partial charge in [0.25, 0.3) is 0 Å². The lowest BCUT2D eigenvalue weighted by molar-refractivity contribution is 0.0388. The first-order valence-corrected chi connectivity index (χ1v) is 15.2. The second kappa shape index (κ2) is 14.5. The standard InChI is InChI=1S/C39H48O/c1-30(2)27-38(31(3)4)34-23-21-33(22-24-34)28-37(40-26-25-32-15-9-6-10-16-32)29-39(5,35-17-11-7-12-18-35)36-19-13-8-14-20-36/h6-24,30-31,37-38H,25-29H2,1-5H3. The molecule has 0 heterocycles. The summed E-state index contributed by atoms with van der Waals surface area (Å²) in [5.41, 5.74) is 6.66. The predicted octanol–water partition coefficient (Wildman–Crippen LogP) is 10.0. The van der Waals surface area contributed by atoms with E-state index in [1.807, 2.05) is 0 Å². The smallest absolute Gasteiger partial charge is 0.0627 e. The molecule has 4 aromatic rings. The van der Waals surface area contributed by atoms with Gasteiger partial charge < -0.3 is 4.74 Å². The molecule has 2 atom stereocenters. The molecule has 1 nitrogen and oxygen atoms in total. The molecule has 2 unspecified atom stereocenters. The zero-order valence-electron chi connectivity index (χ0n) is 25.2. The van der Waals surface area contributed by atoms with Crippen LogP contribution in [0.2, 0.25) is 0 Å². The summed E-state index contributed by atoms with van der Waals surface area (Å²) in [4.78, 5) is 0. The fraction of sp³-hybridized carbons (Fsp3) is 0.385. The van der Waals surface area contributed by atoms with Crippen molar-refractivity contribution in [3.05, 3.63) is 143 Å². The molecule has 0 fully saturated rings. The Balaban J connectivity index is 1.59. The van der Waals surface area contributed by atoms with E-state index < -0.39 is 0 Å². The quantitative estimate of drug-likeness (QED) is 0.157. The van der Waals surface area contributed by atoms with Gasteiger partial charge in [-0.25, -0.2) is 0 Å². The van der Waals surface area contributed by atoms with Gasteiger partial charge >= 0.3 is 0 Å². The zero-order chi connectivity index (χ0) is 28.4. The molecule has 0 aliphatic heterocycles. The summed E-state index contributed by atoms with van der Waals surface area (Å²) in [6, 6.07) is 42.0. The Morgan fingerprint density at radius 1 is 0.625 bits per heavy atom. The first-order valence-electron chi connectivity index (χ1n) is 15.2. The molecule has 0 aromatic heterocycles. The van der Waals surface area contributed by atoms with Crippen molar-refractivity contribution in [3.63, 3.8) is 0 Å². The Kier molecular flexibility index (Phi) is 10.8. The minimum Gasteiger partial charge on any atom is -0.377 e. The van der Waals surface area contributed by atoms with Crippen molar-refractivity contribution in [3.8, 4) is 0 Å². The third kappa shape index (κ3) is 8.18. The lowest BCUT2D eigenvalue weighted by atomic mass is 9.72. The lowest BCUT2D eigenvalue weighted by Gasteiger charge is -2.35. The fourth-order valence-corrected chi connectivity index (χ4v) is 6.11. The Labute approximate surface area is 243 Å². The highest BCUT2D eigenvalue weighted by molar-refractivity contribution is 5.39. The van der Waals surface area contributed by atoms with Gasteiger partial charge in [-0.1, -0.05) is 150 Å². The lowest BCUT2D eigenvalue weighted by Crippen LogP contribution is -2.32. The zero-order valence-corrected chi connectivity index (χ0v) is 25.2. The van der Waals surface area contributed by atoms with E-state index in [4.69, 9.17) is 4.74 Å². The fourth-order valence-electron chi connectivity index (χ4n) is 6.11. The number of benzene rings is 4. The van der Waals surface area contributed by atoms with Crippen LogP contribution < -0.4 is 0 Å². The summed E-state index contributed by atoms with van der Waals surface area (Å²) >= 11 is 0. The average Bonchev–Trinajstić information content (AvgIpc) is 2.97. The summed E-state index contributed by atoms with van der Waals surface area (Å²) in [5.74, 6) is 1.94. The molecule has 4 aromatic carbocycles. The van der Waals surface area contributed by atoms with Crippen LogP contribution in [0.3, 0.4) is 0 Å². The van der Waals surface area contributed by atoms with Gasteiger partial charge in [-0.05, 0) is 71.3 Å². The van der Waals surface area contributed by atoms with Gasteiger partial charge in [-0.3, -0.25) is 0 Å². The minimum absolute atomic E-state index is 0.0940. The summed E-state index contributed by atoms with van der Waals surface area (Å²) in [6.07, 6.45) is 4.07. The van der Waals surface area contributed by atoms with E-state index in [-0.39, 0.29) is 11.5 Å². The SMILES string of the molecule is CC(C)CC(c1ccc(CC(CC(C)(c2ccccc2)c2ccccc2)OCCc2ccccc2)cc1)C(C)C. The number of rotatable bonds is 14. The van der Waals surface area contributed by atoms with Crippen molar-refractivity contribution in [1.82, 2.24) is 0 Å². The topological polar surface area (TPSA) is 9.23 Å². The van der Waals surface area contributed by atoms with Crippen molar-refractivity contribution in [1.29, 1.82) is 0 Å². The maximum Gasteiger partial charge on any atom is 0.0627 e. The molecule has 4 rings (SSSR count). The molecule has 0 saturated heterocycles. The summed E-state index contributed by atoms with van der Waals surface area (Å²) in [6.45, 7) is 12.5. The van der Waals surface area contributed by atoms with E-state index in [1.54, 1.807) is 0 Å². The first-order chi connectivity index (χ1) is 19.3. The molecular weight excluding hydrogens is 484 g/mol. The molecule has 0 N–H and O–H groups in total. The van der Waals surface area contributed by atoms with Crippen LogP contribution in [0, 0.1) is 11.8 Å². The van der Waals surface area contributed by atoms with Crippen molar-refractivity contribution in [2.24, 2.45) is 11.8 Å². The Morgan fingerprint density at radius 2 is 1.15 bits per heavy atom. The van der Waals surface area contributed by atoms with E-state index in [2.05, 4.69) is 150 Å². The third-order valence-electron chi connectivity index (χ3n) is 8.45. The van der Waals surface area contributed by atoms with Crippen molar-refractivity contribution >= 4 is 0 Å². The van der Waals surface area contributed by atoms with Gasteiger partial charge in [0.1, 0.15) is 0 Å². The van der Waals surface area contributed by atoms with E-state index in [9.17, 15) is 0 Å². The Morgan fingerprint density at radius 3 is 1.65 bits per heavy atom. The molecule has 0 bridgehead atoms. The Hall–Kier alpha value is -3.16. The van der Waals surface area contributed by atoms with E-state index in [0.717, 1.165) is 25.9 Å². The maximum atomic E-state index is 6.76. The average molecular weight is 533 g/mol. The van der Waals surface area contributed by atoms with Crippen LogP contribution in [0.15, 0.2) is 115 Å². The monoisotopic (exact) mass is 532 g/mol. The van der Waals surface area contributed by atoms with Crippen molar-refractivity contribution < 1.29 is 4.74 Å². The molecule has 0 spiro atoms. The van der Waals surface area contributed by atoms with Crippen LogP contribution in [0.5, 0.6) is 0 Å². The van der Waals surface area contributed by atoms with Crippen LogP contribution in [0.4, 0.5) is 0 Å². The van der Waals surface area contributed by atoms with Gasteiger partial charge in [-0.2, -0.15) is 0 Å². The van der Waals surface area contributed by atoms with E-state index in [0.29, 0.717) is 17.8 Å². The maximum absolute atomic E-state index is 6.76. The second-order valence-corrected chi connectivity index (χ2v) is 12.4. The van der Waals surface area contributed by atoms with Gasteiger partial charge in [0.2, 0.25) is 0 Å². The number of ether oxygens (including phenoxy) is 1. The van der Waals surface area contributed by atoms with Crippen molar-refractivity contribution in [2.45, 2.75) is 77.7 Å². The molecule has 0 aliphatic carbocycles. The van der Waals surface area contributed by atoms with Crippen LogP contribution in [0.25, 0.3) is 0 Å². The largest absolute Gasteiger partial charge is 0.377 e. The van der Waals surface area contributed by atoms with Gasteiger partial charge in [0.15, 0.2) is 0 Å². The molecule has 40 heavy (non-hydrogen) atoms. The Bertz CT molecular complexity index is 1200. The second-order valence-electron chi connectivity index (χ2n) is 12.4. The molecular formula is C39H48O. The minimum atomic E-state index is -0.153. The van der Waals surface area contributed by atoms with E-state index in [1.165, 1.54) is 34.2 Å². The first kappa shape index (κ1) is 29.8. The summed E-state index contributed by atoms with van der Waals surface area (Å²) < 4.78 is 6.76. The third-order valence-corrected chi connectivity index (χ3v) is 8.45. The van der Waals surface area contributed by atoms with Crippen LogP contribution in [-0.4, -0.2) is 12.7 Å². The molecule has 0 radical (unpaired) electrons. The highest BCUT2D eigenvalue weighted by Gasteiger charge is 2.32. The number of hydrogen-bond acceptors (Lipinski definition) is 1. The van der Waals surface area contributed by atoms with Crippen LogP contribution >= 0.6 is 0 Å². The highest BCUT2D eigenvalue weighted by atomic mass is 16.5. The molecule has 0 amide bonds. The van der Waals surface area contributed by atoms with Gasteiger partial charge in [0.05, 0.1) is 12.7 Å². The molecule has 0 aliphatic rings. The molecule has 210 valence electrons. The summed E-state index contributed by atoms with van der Waals surface area (Å²) in [7, 11) is 0. The van der Waals surface area contributed by atoms with Crippen LogP contribution in [-0.2, 0) is 23.0 Å². The van der Waals surface area contributed by atoms with Gasteiger partial charge in [0, 0.05) is 5.41 Å². The normalized spacial score (nSPS) is 13.5. The molecule has 0 saturated carbocycles.